The van der Waals surface area contributed by atoms with Crippen molar-refractivity contribution in [1.82, 2.24) is 14.8 Å². The van der Waals surface area contributed by atoms with E-state index in [9.17, 15) is 4.79 Å². The number of benzene rings is 1. The fourth-order valence-electron chi connectivity index (χ4n) is 5.88. The molecule has 1 aromatic carbocycles. The van der Waals surface area contributed by atoms with Crippen molar-refractivity contribution in [2.24, 2.45) is 0 Å². The molecular formula is C27H33Cl2N3O3. The molecule has 5 rings (SSSR count). The molecule has 1 saturated carbocycles. The van der Waals surface area contributed by atoms with Crippen molar-refractivity contribution in [2.75, 3.05) is 53.0 Å². The first-order chi connectivity index (χ1) is 17.0. The van der Waals surface area contributed by atoms with Gasteiger partial charge in [0.2, 0.25) is 5.88 Å². The number of hydrogen-bond acceptors (Lipinski definition) is 6. The Kier molecular flexibility index (Phi) is 7.66. The number of rotatable bonds is 7. The smallest absolute Gasteiger partial charge is 0.213 e. The van der Waals surface area contributed by atoms with Gasteiger partial charge < -0.3 is 14.4 Å². The van der Waals surface area contributed by atoms with Crippen LogP contribution in [0.2, 0.25) is 10.0 Å². The van der Waals surface area contributed by atoms with E-state index in [1.165, 1.54) is 0 Å². The van der Waals surface area contributed by atoms with Crippen LogP contribution in [0.5, 0.6) is 5.88 Å². The summed E-state index contributed by atoms with van der Waals surface area (Å²) < 4.78 is 10.8. The van der Waals surface area contributed by atoms with Crippen molar-refractivity contribution in [2.45, 2.75) is 43.1 Å². The van der Waals surface area contributed by atoms with Crippen molar-refractivity contribution < 1.29 is 14.3 Å². The number of hydrogen-bond donors (Lipinski definition) is 0. The molecule has 35 heavy (non-hydrogen) atoms. The molecule has 0 radical (unpaired) electrons. The Morgan fingerprint density at radius 2 is 1.94 bits per heavy atom. The highest BCUT2D eigenvalue weighted by Crippen LogP contribution is 2.47. The third-order valence-corrected chi connectivity index (χ3v) is 8.82. The van der Waals surface area contributed by atoms with Crippen molar-refractivity contribution in [3.8, 4) is 5.88 Å². The number of halogens is 2. The molecule has 188 valence electrons. The van der Waals surface area contributed by atoms with Gasteiger partial charge in [0, 0.05) is 44.7 Å². The number of methoxy groups -OCH3 is 1. The number of pyridine rings is 1. The van der Waals surface area contributed by atoms with Crippen LogP contribution in [0, 0.1) is 0 Å². The quantitative estimate of drug-likeness (QED) is 0.535. The maximum atomic E-state index is 13.1. The molecule has 1 aliphatic carbocycles. The summed E-state index contributed by atoms with van der Waals surface area (Å²) in [6.45, 7) is 6.92. The van der Waals surface area contributed by atoms with E-state index < -0.39 is 0 Å². The van der Waals surface area contributed by atoms with Crippen LogP contribution < -0.4 is 4.74 Å². The maximum Gasteiger partial charge on any atom is 0.213 e. The second kappa shape index (κ2) is 10.7. The lowest BCUT2D eigenvalue weighted by molar-refractivity contribution is -0.123. The standard InChI is InChI=1S/C27H33Cl2N3O3/c1-34-26-4-2-3-24(30-26)21-16-27(8-7-25(21)33,19-5-6-22(28)23(29)15-19)9-10-31-17-20(18-31)32-11-13-35-14-12-32/h2-6,15,20-21H,7-14,16-18H2,1H3/t21?,27-/m1/s1. The second-order valence-corrected chi connectivity index (χ2v) is 10.9. The summed E-state index contributed by atoms with van der Waals surface area (Å²) in [7, 11) is 1.60. The molecule has 3 aliphatic rings. The zero-order valence-corrected chi connectivity index (χ0v) is 21.7. The lowest BCUT2D eigenvalue weighted by Crippen LogP contribution is -2.61. The van der Waals surface area contributed by atoms with Crippen LogP contribution in [0.4, 0.5) is 0 Å². The summed E-state index contributed by atoms with van der Waals surface area (Å²) in [4.78, 5) is 22.8. The highest BCUT2D eigenvalue weighted by Gasteiger charge is 2.44. The van der Waals surface area contributed by atoms with E-state index in [0.717, 1.165) is 70.0 Å². The predicted molar refractivity (Wildman–Crippen MR) is 138 cm³/mol. The molecule has 0 spiro atoms. The minimum Gasteiger partial charge on any atom is -0.481 e. The molecule has 2 aromatic rings. The van der Waals surface area contributed by atoms with Gasteiger partial charge in [0.15, 0.2) is 0 Å². The molecule has 0 amide bonds. The minimum atomic E-state index is -0.259. The van der Waals surface area contributed by atoms with E-state index in [-0.39, 0.29) is 17.1 Å². The fraction of sp³-hybridized carbons (Fsp3) is 0.556. The number of ketones is 1. The zero-order valence-electron chi connectivity index (χ0n) is 20.2. The Morgan fingerprint density at radius 1 is 1.14 bits per heavy atom. The number of ether oxygens (including phenoxy) is 2. The van der Waals surface area contributed by atoms with Crippen molar-refractivity contribution in [3.05, 3.63) is 57.7 Å². The predicted octanol–water partition coefficient (Wildman–Crippen LogP) is 4.58. The molecule has 8 heteroatoms. The Morgan fingerprint density at radius 3 is 2.69 bits per heavy atom. The second-order valence-electron chi connectivity index (χ2n) is 10.0. The van der Waals surface area contributed by atoms with Gasteiger partial charge in [-0.05, 0) is 55.0 Å². The zero-order chi connectivity index (χ0) is 24.4. The third-order valence-electron chi connectivity index (χ3n) is 8.08. The van der Waals surface area contributed by atoms with E-state index in [2.05, 4.69) is 20.9 Å². The van der Waals surface area contributed by atoms with Crippen LogP contribution in [-0.2, 0) is 14.9 Å². The van der Waals surface area contributed by atoms with Crippen LogP contribution >= 0.6 is 23.2 Å². The number of Topliss-reactive ketones (excluding diaryl/α,β-unsaturated/α-hetero) is 1. The Labute approximate surface area is 217 Å². The van der Waals surface area contributed by atoms with Crippen LogP contribution in [-0.4, -0.2) is 79.7 Å². The topological polar surface area (TPSA) is 54.9 Å². The van der Waals surface area contributed by atoms with Crippen molar-refractivity contribution in [1.29, 1.82) is 0 Å². The van der Waals surface area contributed by atoms with Gasteiger partial charge in [0.05, 0.1) is 42.0 Å². The highest BCUT2D eigenvalue weighted by molar-refractivity contribution is 6.42. The van der Waals surface area contributed by atoms with Gasteiger partial charge in [-0.1, -0.05) is 35.3 Å². The average molecular weight is 518 g/mol. The van der Waals surface area contributed by atoms with Crippen LogP contribution in [0.15, 0.2) is 36.4 Å². The highest BCUT2D eigenvalue weighted by atomic mass is 35.5. The first-order valence-corrected chi connectivity index (χ1v) is 13.3. The van der Waals surface area contributed by atoms with Gasteiger partial charge in [0.25, 0.3) is 0 Å². The van der Waals surface area contributed by atoms with E-state index in [1.54, 1.807) is 7.11 Å². The molecule has 3 fully saturated rings. The molecule has 2 atom stereocenters. The molecule has 0 N–H and O–H groups in total. The van der Waals surface area contributed by atoms with E-state index in [0.29, 0.717) is 34.8 Å². The number of carbonyl (C=O) groups excluding carboxylic acids is 1. The molecule has 2 saturated heterocycles. The van der Waals surface area contributed by atoms with Gasteiger partial charge in [-0.3, -0.25) is 9.69 Å². The number of carbonyl (C=O) groups is 1. The summed E-state index contributed by atoms with van der Waals surface area (Å²) in [5, 5.41) is 1.12. The van der Waals surface area contributed by atoms with Crippen molar-refractivity contribution in [3.63, 3.8) is 0 Å². The molecule has 2 aliphatic heterocycles. The van der Waals surface area contributed by atoms with Crippen LogP contribution in [0.1, 0.15) is 42.9 Å². The van der Waals surface area contributed by atoms with E-state index in [1.807, 2.05) is 30.3 Å². The summed E-state index contributed by atoms with van der Waals surface area (Å²) >= 11 is 12.7. The summed E-state index contributed by atoms with van der Waals surface area (Å²) in [5.74, 6) is 0.527. The van der Waals surface area contributed by atoms with Gasteiger partial charge in [-0.25, -0.2) is 4.98 Å². The van der Waals surface area contributed by atoms with Crippen LogP contribution in [0.3, 0.4) is 0 Å². The summed E-state index contributed by atoms with van der Waals surface area (Å²) in [6.07, 6.45) is 3.02. The van der Waals surface area contributed by atoms with E-state index >= 15 is 0 Å². The average Bonchev–Trinajstić information content (AvgIpc) is 2.86. The first-order valence-electron chi connectivity index (χ1n) is 12.5. The summed E-state index contributed by atoms with van der Waals surface area (Å²) in [5.41, 5.74) is 1.79. The maximum absolute atomic E-state index is 13.1. The number of aromatic nitrogens is 1. The molecule has 1 unspecified atom stereocenters. The molecule has 3 heterocycles. The normalized spacial score (nSPS) is 26.5. The Balaban J connectivity index is 1.35. The van der Waals surface area contributed by atoms with E-state index in [4.69, 9.17) is 32.7 Å². The lowest BCUT2D eigenvalue weighted by atomic mass is 9.63. The number of morpholine rings is 1. The Bertz CT molecular complexity index is 1060. The third kappa shape index (κ3) is 5.37. The largest absolute Gasteiger partial charge is 0.481 e. The lowest BCUT2D eigenvalue weighted by Gasteiger charge is -2.48. The van der Waals surface area contributed by atoms with Gasteiger partial charge in [-0.2, -0.15) is 0 Å². The molecule has 6 nitrogen and oxygen atoms in total. The van der Waals surface area contributed by atoms with Gasteiger partial charge in [-0.15, -0.1) is 0 Å². The number of likely N-dealkylation sites (tertiary alicyclic amines) is 1. The summed E-state index contributed by atoms with van der Waals surface area (Å²) in [6, 6.07) is 12.3. The van der Waals surface area contributed by atoms with Gasteiger partial charge >= 0.3 is 0 Å². The first kappa shape index (κ1) is 25.0. The van der Waals surface area contributed by atoms with Gasteiger partial charge in [0.1, 0.15) is 5.78 Å². The Hall–Kier alpha value is -1.70. The molecular weight excluding hydrogens is 485 g/mol. The number of nitrogens with zero attached hydrogens (tertiary/aromatic N) is 3. The van der Waals surface area contributed by atoms with Crippen molar-refractivity contribution >= 4 is 29.0 Å². The molecule has 1 aromatic heterocycles. The SMILES string of the molecule is COc1cccc(C2C[C@@](CCN3CC(N4CCOCC4)C3)(c3ccc(Cl)c(Cl)c3)CCC2=O)n1. The van der Waals surface area contributed by atoms with Crippen LogP contribution in [0.25, 0.3) is 0 Å². The fourth-order valence-corrected chi connectivity index (χ4v) is 6.18. The minimum absolute atomic E-state index is 0.165. The monoisotopic (exact) mass is 517 g/mol. The molecule has 0 bridgehead atoms.